The zero-order valence-electron chi connectivity index (χ0n) is 18.4. The Balaban J connectivity index is 1.48. The van der Waals surface area contributed by atoms with Gasteiger partial charge in [-0.2, -0.15) is 11.8 Å². The molecule has 1 nitrogen and oxygen atoms in total. The summed E-state index contributed by atoms with van der Waals surface area (Å²) in [6, 6.07) is 22.1. The molecule has 0 N–H and O–H groups in total. The van der Waals surface area contributed by atoms with Gasteiger partial charge in [-0.1, -0.05) is 88.4 Å². The van der Waals surface area contributed by atoms with Crippen LogP contribution in [0.5, 0.6) is 0 Å². The summed E-state index contributed by atoms with van der Waals surface area (Å²) in [5.41, 5.74) is 0. The molecule has 4 unspecified atom stereocenters. The highest BCUT2D eigenvalue weighted by Gasteiger charge is 2.51. The van der Waals surface area contributed by atoms with Crippen LogP contribution in [0.1, 0.15) is 40.5 Å². The number of hydrogen-bond donors (Lipinski definition) is 0. The monoisotopic (exact) mass is 424 g/mol. The van der Waals surface area contributed by atoms with E-state index in [1.54, 1.807) is 0 Å². The van der Waals surface area contributed by atoms with E-state index in [0.29, 0.717) is 0 Å². The fourth-order valence-electron chi connectivity index (χ4n) is 4.71. The van der Waals surface area contributed by atoms with E-state index in [9.17, 15) is 0 Å². The van der Waals surface area contributed by atoms with Crippen LogP contribution in [0.2, 0.25) is 5.04 Å². The smallest absolute Gasteiger partial charge is 0.261 e. The maximum Gasteiger partial charge on any atom is 0.261 e. The van der Waals surface area contributed by atoms with E-state index in [1.807, 2.05) is 0 Å². The molecule has 4 atom stereocenters. The number of benzene rings is 2. The van der Waals surface area contributed by atoms with Crippen molar-refractivity contribution < 1.29 is 4.43 Å². The Hall–Kier alpha value is -1.03. The topological polar surface area (TPSA) is 9.23 Å². The first-order valence-electron chi connectivity index (χ1n) is 11.2. The van der Waals surface area contributed by atoms with E-state index >= 15 is 0 Å². The number of hydrogen-bond acceptors (Lipinski definition) is 2. The van der Waals surface area contributed by atoms with E-state index in [2.05, 4.69) is 100 Å². The summed E-state index contributed by atoms with van der Waals surface area (Å²) in [6.07, 6.45) is 2.81. The Kier molecular flexibility index (Phi) is 6.29. The van der Waals surface area contributed by atoms with Crippen molar-refractivity contribution in [1.82, 2.24) is 0 Å². The molecule has 0 bridgehead atoms. The van der Waals surface area contributed by atoms with Gasteiger partial charge in [0.2, 0.25) is 0 Å². The summed E-state index contributed by atoms with van der Waals surface area (Å²) in [5, 5.41) is 2.87. The van der Waals surface area contributed by atoms with Crippen molar-refractivity contribution in [2.75, 3.05) is 18.1 Å². The summed E-state index contributed by atoms with van der Waals surface area (Å²) in [6.45, 7) is 10.4. The SMILES string of the molecule is CC1CC1CSCC1CC1CO[Si](c1ccccc1)(c1ccccc1)C(C)(C)C. The molecule has 2 aliphatic carbocycles. The normalized spacial score (nSPS) is 26.3. The molecule has 156 valence electrons. The standard InChI is InChI=1S/C26H36OSSi/c1-20-15-22(20)18-28-19-23-16-21(23)17-27-29(26(2,3)4,24-11-7-5-8-12-24)25-13-9-6-10-14-25/h5-14,20-23H,15-19H2,1-4H3. The maximum absolute atomic E-state index is 7.11. The van der Waals surface area contributed by atoms with Gasteiger partial charge in [-0.15, -0.1) is 0 Å². The van der Waals surface area contributed by atoms with E-state index in [0.717, 1.165) is 30.3 Å². The van der Waals surface area contributed by atoms with E-state index in [-0.39, 0.29) is 5.04 Å². The van der Waals surface area contributed by atoms with Crippen LogP contribution in [-0.4, -0.2) is 26.4 Å². The van der Waals surface area contributed by atoms with Gasteiger partial charge < -0.3 is 4.43 Å². The average molecular weight is 425 g/mol. The zero-order chi connectivity index (χ0) is 20.5. The molecule has 2 aromatic rings. The van der Waals surface area contributed by atoms with Crippen LogP contribution in [0.4, 0.5) is 0 Å². The van der Waals surface area contributed by atoms with Gasteiger partial charge in [0.25, 0.3) is 8.32 Å². The van der Waals surface area contributed by atoms with Crippen LogP contribution in [0.25, 0.3) is 0 Å². The number of rotatable bonds is 9. The third kappa shape index (κ3) is 4.67. The molecular weight excluding hydrogens is 388 g/mol. The minimum Gasteiger partial charge on any atom is -0.407 e. The first-order valence-corrected chi connectivity index (χ1v) is 14.3. The fraction of sp³-hybridized carbons (Fsp3) is 0.538. The van der Waals surface area contributed by atoms with Crippen LogP contribution in [0.3, 0.4) is 0 Å². The highest BCUT2D eigenvalue weighted by molar-refractivity contribution is 7.99. The lowest BCUT2D eigenvalue weighted by Gasteiger charge is -2.43. The lowest BCUT2D eigenvalue weighted by Crippen LogP contribution is -2.66. The van der Waals surface area contributed by atoms with Crippen molar-refractivity contribution in [3.8, 4) is 0 Å². The Morgan fingerprint density at radius 2 is 1.34 bits per heavy atom. The maximum atomic E-state index is 7.11. The summed E-state index contributed by atoms with van der Waals surface area (Å²) < 4.78 is 7.11. The molecule has 2 aromatic carbocycles. The lowest BCUT2D eigenvalue weighted by atomic mass is 10.2. The van der Waals surface area contributed by atoms with Gasteiger partial charge in [-0.05, 0) is 63.4 Å². The minimum absolute atomic E-state index is 0.0803. The second-order valence-electron chi connectivity index (χ2n) is 10.2. The Labute approximate surface area is 182 Å². The van der Waals surface area contributed by atoms with Gasteiger partial charge in [0.05, 0.1) is 0 Å². The fourth-order valence-corrected chi connectivity index (χ4v) is 10.9. The molecule has 2 saturated carbocycles. The van der Waals surface area contributed by atoms with Crippen molar-refractivity contribution in [3.05, 3.63) is 60.7 Å². The molecule has 0 saturated heterocycles. The van der Waals surface area contributed by atoms with Crippen LogP contribution in [0, 0.1) is 23.7 Å². The average Bonchev–Trinajstić information content (AvgIpc) is 3.62. The molecule has 0 amide bonds. The molecular formula is C26H36OSSi. The molecule has 0 spiro atoms. The van der Waals surface area contributed by atoms with Crippen LogP contribution in [-0.2, 0) is 4.43 Å². The van der Waals surface area contributed by atoms with Crippen LogP contribution >= 0.6 is 11.8 Å². The highest BCUT2D eigenvalue weighted by Crippen LogP contribution is 2.46. The summed E-state index contributed by atoms with van der Waals surface area (Å²) in [5.74, 6) is 6.31. The van der Waals surface area contributed by atoms with Gasteiger partial charge in [-0.3, -0.25) is 0 Å². The van der Waals surface area contributed by atoms with Gasteiger partial charge in [0.15, 0.2) is 0 Å². The molecule has 0 heterocycles. The van der Waals surface area contributed by atoms with E-state index < -0.39 is 8.32 Å². The number of thioether (sulfide) groups is 1. The van der Waals surface area contributed by atoms with Crippen molar-refractivity contribution >= 4 is 30.5 Å². The minimum atomic E-state index is -2.36. The predicted molar refractivity (Wildman–Crippen MR) is 130 cm³/mol. The van der Waals surface area contributed by atoms with E-state index in [1.165, 1.54) is 34.7 Å². The van der Waals surface area contributed by atoms with Gasteiger partial charge in [0, 0.05) is 6.61 Å². The molecule has 0 aliphatic heterocycles. The highest BCUT2D eigenvalue weighted by atomic mass is 32.2. The second-order valence-corrected chi connectivity index (χ2v) is 15.6. The third-order valence-electron chi connectivity index (χ3n) is 6.94. The van der Waals surface area contributed by atoms with Crippen LogP contribution < -0.4 is 10.4 Å². The van der Waals surface area contributed by atoms with Crippen molar-refractivity contribution in [2.24, 2.45) is 23.7 Å². The Morgan fingerprint density at radius 1 is 0.828 bits per heavy atom. The first-order chi connectivity index (χ1) is 13.9. The lowest BCUT2D eigenvalue weighted by molar-refractivity contribution is 0.276. The Bertz CT molecular complexity index is 746. The van der Waals surface area contributed by atoms with Crippen molar-refractivity contribution in [3.63, 3.8) is 0 Å². The molecule has 0 radical (unpaired) electrons. The molecule has 4 rings (SSSR count). The summed E-state index contributed by atoms with van der Waals surface area (Å²) in [4.78, 5) is 0. The van der Waals surface area contributed by atoms with Crippen molar-refractivity contribution in [2.45, 2.75) is 45.6 Å². The molecule has 2 aliphatic rings. The Morgan fingerprint density at radius 3 is 1.83 bits per heavy atom. The predicted octanol–water partition coefficient (Wildman–Crippen LogP) is 5.59. The molecule has 29 heavy (non-hydrogen) atoms. The largest absolute Gasteiger partial charge is 0.407 e. The summed E-state index contributed by atoms with van der Waals surface area (Å²) >= 11 is 2.19. The zero-order valence-corrected chi connectivity index (χ0v) is 20.3. The molecule has 3 heteroatoms. The van der Waals surface area contributed by atoms with Gasteiger partial charge in [0.1, 0.15) is 0 Å². The quantitative estimate of drug-likeness (QED) is 0.485. The summed E-state index contributed by atoms with van der Waals surface area (Å²) in [7, 11) is -2.36. The third-order valence-corrected chi connectivity index (χ3v) is 13.3. The van der Waals surface area contributed by atoms with E-state index in [4.69, 9.17) is 4.43 Å². The molecule has 0 aromatic heterocycles. The van der Waals surface area contributed by atoms with Crippen LogP contribution in [0.15, 0.2) is 60.7 Å². The first kappa shape index (κ1) is 21.2. The second kappa shape index (κ2) is 8.61. The van der Waals surface area contributed by atoms with Gasteiger partial charge >= 0.3 is 0 Å². The molecule has 2 fully saturated rings. The van der Waals surface area contributed by atoms with Crippen molar-refractivity contribution in [1.29, 1.82) is 0 Å². The van der Waals surface area contributed by atoms with Gasteiger partial charge in [-0.25, -0.2) is 0 Å².